The average Bonchev–Trinajstić information content (AvgIpc) is 3.23. The van der Waals surface area contributed by atoms with E-state index in [9.17, 15) is 24.0 Å². The van der Waals surface area contributed by atoms with Crippen LogP contribution >= 0.6 is 12.6 Å². The van der Waals surface area contributed by atoms with Gasteiger partial charge in [-0.2, -0.15) is 12.6 Å². The Morgan fingerprint density at radius 2 is 1.64 bits per heavy atom. The van der Waals surface area contributed by atoms with Gasteiger partial charge in [0.05, 0.1) is 13.0 Å². The Morgan fingerprint density at radius 3 is 2.29 bits per heavy atom. The fourth-order valence-electron chi connectivity index (χ4n) is 4.90. The number of thiol groups is 1. The Labute approximate surface area is 271 Å². The predicted octanol–water partition coefficient (Wildman–Crippen LogP) is 2.58. The standard InChI is InChI=1S/C31H43N7O5.CH4S/c1-4-25(30(42)33-21(3)29(41)34-24-10-7-8-16-38(18-24)19-27(32)39)36-28(40)17-22-12-14-23(15-13-22)35-31(43)37-26-11-6-5-9-20(26)2;1-2/h5-6,9,11-15,21,24-25H,4,7-8,10,16-19H2,1-3H3,(H2,32,39)(H,33,42)(H,34,41)(H,36,40)(H2,35,37,43);2H,1H3/t21-,24-,25-;/m0./s1. The number of carbonyl (C=O) groups is 5. The smallest absolute Gasteiger partial charge is 0.323 e. The van der Waals surface area contributed by atoms with E-state index in [-0.39, 0.29) is 36.9 Å². The maximum Gasteiger partial charge on any atom is 0.323 e. The topological polar surface area (TPSA) is 175 Å². The van der Waals surface area contributed by atoms with E-state index in [1.165, 1.54) is 0 Å². The zero-order valence-corrected chi connectivity index (χ0v) is 27.4. The zero-order chi connectivity index (χ0) is 33.4. The Balaban J connectivity index is 0.00000345. The van der Waals surface area contributed by atoms with Crippen LogP contribution < -0.4 is 32.3 Å². The first-order valence-electron chi connectivity index (χ1n) is 15.1. The summed E-state index contributed by atoms with van der Waals surface area (Å²) in [6.45, 7) is 6.67. The molecule has 3 atom stereocenters. The van der Waals surface area contributed by atoms with Crippen LogP contribution in [0.25, 0.3) is 0 Å². The number of urea groups is 1. The van der Waals surface area contributed by atoms with E-state index < -0.39 is 23.9 Å². The van der Waals surface area contributed by atoms with E-state index in [4.69, 9.17) is 5.73 Å². The lowest BCUT2D eigenvalue weighted by molar-refractivity contribution is -0.132. The van der Waals surface area contributed by atoms with Gasteiger partial charge in [-0.3, -0.25) is 24.1 Å². The molecule has 0 aliphatic carbocycles. The van der Waals surface area contributed by atoms with Crippen LogP contribution in [0.4, 0.5) is 16.2 Å². The molecule has 1 aliphatic heterocycles. The molecule has 1 saturated heterocycles. The minimum atomic E-state index is -0.811. The van der Waals surface area contributed by atoms with Gasteiger partial charge in [-0.25, -0.2) is 4.79 Å². The summed E-state index contributed by atoms with van der Waals surface area (Å²) in [5.41, 5.74) is 8.26. The molecule has 6 amide bonds. The van der Waals surface area contributed by atoms with Gasteiger partial charge in [0.15, 0.2) is 0 Å². The van der Waals surface area contributed by atoms with Crippen LogP contribution in [0.3, 0.4) is 0 Å². The Hall–Kier alpha value is -4.10. The third-order valence-electron chi connectivity index (χ3n) is 7.26. The van der Waals surface area contributed by atoms with Crippen molar-refractivity contribution >= 4 is 53.7 Å². The number of likely N-dealkylation sites (tertiary alicyclic amines) is 1. The van der Waals surface area contributed by atoms with Crippen molar-refractivity contribution < 1.29 is 24.0 Å². The molecule has 0 aromatic heterocycles. The summed E-state index contributed by atoms with van der Waals surface area (Å²) < 4.78 is 0. The van der Waals surface area contributed by atoms with E-state index in [1.807, 2.05) is 36.1 Å². The summed E-state index contributed by atoms with van der Waals surface area (Å²) in [5.74, 6) is -1.53. The molecule has 45 heavy (non-hydrogen) atoms. The Morgan fingerprint density at radius 1 is 0.956 bits per heavy atom. The first kappa shape index (κ1) is 37.1. The molecule has 1 heterocycles. The van der Waals surface area contributed by atoms with E-state index in [0.29, 0.717) is 29.9 Å². The van der Waals surface area contributed by atoms with Gasteiger partial charge in [0.2, 0.25) is 23.6 Å². The summed E-state index contributed by atoms with van der Waals surface area (Å²) in [4.78, 5) is 64.0. The molecular weight excluding hydrogens is 594 g/mol. The second-order valence-corrected chi connectivity index (χ2v) is 10.9. The van der Waals surface area contributed by atoms with Gasteiger partial charge in [-0.15, -0.1) is 0 Å². The molecule has 0 radical (unpaired) electrons. The summed E-state index contributed by atoms with van der Waals surface area (Å²) in [7, 11) is 0. The number of benzene rings is 2. The summed E-state index contributed by atoms with van der Waals surface area (Å²) in [6.07, 6.45) is 4.67. The van der Waals surface area contributed by atoms with Crippen molar-refractivity contribution in [2.45, 2.75) is 71.0 Å². The highest BCUT2D eigenvalue weighted by Crippen LogP contribution is 2.15. The molecule has 12 nitrogen and oxygen atoms in total. The number of nitrogens with one attached hydrogen (secondary N) is 5. The van der Waals surface area contributed by atoms with Crippen LogP contribution in [-0.4, -0.2) is 78.6 Å². The number of nitrogens with two attached hydrogens (primary N) is 1. The number of aryl methyl sites for hydroxylation is 1. The third kappa shape index (κ3) is 13.2. The quantitative estimate of drug-likeness (QED) is 0.175. The molecule has 0 saturated carbocycles. The molecule has 0 unspecified atom stereocenters. The lowest BCUT2D eigenvalue weighted by Gasteiger charge is -2.26. The van der Waals surface area contributed by atoms with Crippen molar-refractivity contribution in [3.8, 4) is 0 Å². The third-order valence-corrected chi connectivity index (χ3v) is 7.26. The number of primary amides is 1. The minimum absolute atomic E-state index is 0.0407. The molecule has 2 aromatic carbocycles. The molecule has 3 rings (SSSR count). The number of para-hydroxylation sites is 1. The Bertz CT molecular complexity index is 1290. The van der Waals surface area contributed by atoms with Crippen LogP contribution in [0.5, 0.6) is 0 Å². The van der Waals surface area contributed by atoms with Crippen molar-refractivity contribution in [2.24, 2.45) is 5.73 Å². The molecule has 13 heteroatoms. The Kier molecular flexibility index (Phi) is 15.9. The second kappa shape index (κ2) is 19.3. The van der Waals surface area contributed by atoms with Gasteiger partial charge < -0.3 is 32.3 Å². The van der Waals surface area contributed by atoms with E-state index in [0.717, 1.165) is 31.4 Å². The second-order valence-electron chi connectivity index (χ2n) is 10.9. The van der Waals surface area contributed by atoms with Crippen LogP contribution in [-0.2, 0) is 25.6 Å². The van der Waals surface area contributed by atoms with Crippen LogP contribution in [0.15, 0.2) is 48.5 Å². The lowest BCUT2D eigenvalue weighted by Crippen LogP contribution is -2.55. The van der Waals surface area contributed by atoms with Gasteiger partial charge in [0.25, 0.3) is 0 Å². The van der Waals surface area contributed by atoms with E-state index in [1.54, 1.807) is 44.4 Å². The highest BCUT2D eigenvalue weighted by Gasteiger charge is 2.26. The molecule has 246 valence electrons. The molecule has 2 aromatic rings. The monoisotopic (exact) mass is 641 g/mol. The van der Waals surface area contributed by atoms with Gasteiger partial charge in [0, 0.05) is 24.0 Å². The molecule has 1 fully saturated rings. The number of carbonyl (C=O) groups excluding carboxylic acids is 5. The molecule has 0 bridgehead atoms. The van der Waals surface area contributed by atoms with E-state index >= 15 is 0 Å². The molecule has 1 aliphatic rings. The van der Waals surface area contributed by atoms with Gasteiger partial charge >= 0.3 is 6.03 Å². The van der Waals surface area contributed by atoms with Crippen molar-refractivity contribution in [3.05, 3.63) is 59.7 Å². The number of hydrogen-bond acceptors (Lipinski definition) is 7. The number of nitrogens with zero attached hydrogens (tertiary/aromatic N) is 1. The first-order chi connectivity index (χ1) is 21.5. The maximum absolute atomic E-state index is 12.9. The normalized spacial score (nSPS) is 16.0. The first-order valence-corrected chi connectivity index (χ1v) is 16.0. The highest BCUT2D eigenvalue weighted by atomic mass is 32.1. The minimum Gasteiger partial charge on any atom is -0.369 e. The number of anilines is 2. The maximum atomic E-state index is 12.9. The number of amides is 6. The van der Waals surface area contributed by atoms with Crippen molar-refractivity contribution in [3.63, 3.8) is 0 Å². The molecule has 7 N–H and O–H groups in total. The zero-order valence-electron chi connectivity index (χ0n) is 26.5. The van der Waals surface area contributed by atoms with Crippen LogP contribution in [0, 0.1) is 6.92 Å². The van der Waals surface area contributed by atoms with E-state index in [2.05, 4.69) is 39.2 Å². The number of rotatable bonds is 12. The van der Waals surface area contributed by atoms with Crippen molar-refractivity contribution in [2.75, 3.05) is 36.5 Å². The van der Waals surface area contributed by atoms with Gasteiger partial charge in [-0.1, -0.05) is 43.7 Å². The SMILES string of the molecule is CC[C@H](NC(=O)Cc1ccc(NC(=O)Nc2ccccc2C)cc1)C(=O)N[C@@H](C)C(=O)N[C@H]1CCCCN(CC(N)=O)C1.CS. The van der Waals surface area contributed by atoms with Crippen molar-refractivity contribution in [1.29, 1.82) is 0 Å². The van der Waals surface area contributed by atoms with Crippen molar-refractivity contribution in [1.82, 2.24) is 20.9 Å². The average molecular weight is 642 g/mol. The van der Waals surface area contributed by atoms with Crippen LogP contribution in [0.1, 0.15) is 50.7 Å². The van der Waals surface area contributed by atoms with Crippen LogP contribution in [0.2, 0.25) is 0 Å². The largest absolute Gasteiger partial charge is 0.369 e. The fourth-order valence-corrected chi connectivity index (χ4v) is 4.90. The fraction of sp³-hybridized carbons (Fsp3) is 0.469. The summed E-state index contributed by atoms with van der Waals surface area (Å²) >= 11 is 3.53. The van der Waals surface area contributed by atoms with Gasteiger partial charge in [0.1, 0.15) is 12.1 Å². The molecular formula is C32H47N7O5S. The predicted molar refractivity (Wildman–Crippen MR) is 180 cm³/mol. The lowest BCUT2D eigenvalue weighted by atomic mass is 10.1. The summed E-state index contributed by atoms with van der Waals surface area (Å²) in [6, 6.07) is 12.2. The highest BCUT2D eigenvalue weighted by molar-refractivity contribution is 7.79. The number of hydrogen-bond donors (Lipinski definition) is 7. The van der Waals surface area contributed by atoms with Gasteiger partial charge in [-0.05, 0) is 75.2 Å². The molecule has 0 spiro atoms. The summed E-state index contributed by atoms with van der Waals surface area (Å²) in [5, 5.41) is 14.0.